The van der Waals surface area contributed by atoms with Gasteiger partial charge < -0.3 is 14.7 Å². The highest BCUT2D eigenvalue weighted by Gasteiger charge is 2.78. The summed E-state index contributed by atoms with van der Waals surface area (Å²) >= 11 is 0. The average molecular weight is 519 g/mol. The minimum Gasteiger partial charge on any atom is -0.455 e. The maximum absolute atomic E-state index is 14.8. The molecule has 1 saturated carbocycles. The molecule has 5 aliphatic rings. The summed E-state index contributed by atoms with van der Waals surface area (Å²) in [4.78, 5) is 30.5. The lowest BCUT2D eigenvalue weighted by Gasteiger charge is -2.48. The SMILES string of the molecule is C=C1C=CC=CN1C(C(=O)OC1CC(C)=CC23C(=O)C(C=C(CO)C4NC142)C(C)(C)C(C)C[C@H]3C)=C(C)C. The number of Topliss-reactive ketones (excluding diaryl/α,β-unsaturated/α-hetero) is 1. The van der Waals surface area contributed by atoms with Gasteiger partial charge in [0.25, 0.3) is 0 Å². The highest BCUT2D eigenvalue weighted by atomic mass is 16.5. The average Bonchev–Trinajstić information content (AvgIpc) is 3.59. The van der Waals surface area contributed by atoms with Crippen LogP contribution in [0.1, 0.15) is 61.3 Å². The molecule has 0 aromatic rings. The maximum atomic E-state index is 14.8. The second kappa shape index (κ2) is 8.92. The van der Waals surface area contributed by atoms with Crippen molar-refractivity contribution in [3.63, 3.8) is 0 Å². The van der Waals surface area contributed by atoms with Crippen molar-refractivity contribution in [3.05, 3.63) is 71.3 Å². The maximum Gasteiger partial charge on any atom is 0.355 e. The molecule has 2 N–H and O–H groups in total. The summed E-state index contributed by atoms with van der Waals surface area (Å²) in [5.41, 5.74) is 1.93. The zero-order valence-electron chi connectivity index (χ0n) is 23.8. The zero-order valence-corrected chi connectivity index (χ0v) is 23.8. The number of esters is 1. The molecule has 2 spiro atoms. The van der Waals surface area contributed by atoms with Gasteiger partial charge in [0.15, 0.2) is 5.78 Å². The highest BCUT2D eigenvalue weighted by Crippen LogP contribution is 2.65. The van der Waals surface area contributed by atoms with E-state index in [4.69, 9.17) is 4.74 Å². The fourth-order valence-electron chi connectivity index (χ4n) is 7.80. The summed E-state index contributed by atoms with van der Waals surface area (Å²) in [5, 5.41) is 14.1. The Morgan fingerprint density at radius 3 is 2.58 bits per heavy atom. The van der Waals surface area contributed by atoms with E-state index in [1.54, 1.807) is 4.90 Å². The quantitative estimate of drug-likeness (QED) is 0.237. The third-order valence-corrected chi connectivity index (χ3v) is 10.2. The Balaban J connectivity index is 1.62. The topological polar surface area (TPSA) is 88.8 Å². The molecule has 2 bridgehead atoms. The number of carbonyl (C=O) groups excluding carboxylic acids is 2. The second-order valence-corrected chi connectivity index (χ2v) is 12.9. The molecule has 0 aromatic heterocycles. The van der Waals surface area contributed by atoms with E-state index in [0.717, 1.165) is 23.1 Å². The molecule has 0 amide bonds. The third-order valence-electron chi connectivity index (χ3n) is 10.2. The van der Waals surface area contributed by atoms with Gasteiger partial charge >= 0.3 is 5.97 Å². The summed E-state index contributed by atoms with van der Waals surface area (Å²) in [5.74, 6) is -0.240. The monoisotopic (exact) mass is 518 g/mol. The van der Waals surface area contributed by atoms with Gasteiger partial charge in [0.2, 0.25) is 0 Å². The number of hydrogen-bond donors (Lipinski definition) is 2. The molecule has 6 nitrogen and oxygen atoms in total. The van der Waals surface area contributed by atoms with Crippen LogP contribution in [0, 0.1) is 28.6 Å². The van der Waals surface area contributed by atoms with Crippen molar-refractivity contribution >= 4 is 11.8 Å². The van der Waals surface area contributed by atoms with Gasteiger partial charge in [-0.25, -0.2) is 4.79 Å². The Bertz CT molecular complexity index is 1250. The number of rotatable bonds is 4. The standard InChI is InChI=1S/C32H42N2O4/c1-18(2)26(34-12-10-9-11-22(34)6)29(37)38-25-13-19(3)16-31-21(5)14-20(4)30(7,8)24(28(31)36)15-23(17-35)27-32(25,31)33-27/h9-12,15-16,20-21,24-25,27,33,35H,6,13-14,17H2,1-5,7-8H3/t20?,21-,24?,25?,27?,31?,32?/m1/s1. The van der Waals surface area contributed by atoms with Crippen molar-refractivity contribution < 1.29 is 19.4 Å². The van der Waals surface area contributed by atoms with Crippen molar-refractivity contribution in [2.75, 3.05) is 6.61 Å². The number of fused-ring (bicyclic) bond motifs is 1. The van der Waals surface area contributed by atoms with Crippen molar-refractivity contribution in [3.8, 4) is 0 Å². The lowest BCUT2D eigenvalue weighted by atomic mass is 9.55. The van der Waals surface area contributed by atoms with Crippen LogP contribution >= 0.6 is 0 Å². The van der Waals surface area contributed by atoms with Gasteiger partial charge in [0.1, 0.15) is 11.8 Å². The normalized spacial score (nSPS) is 38.7. The van der Waals surface area contributed by atoms with E-state index in [1.165, 1.54) is 0 Å². The van der Waals surface area contributed by atoms with Crippen molar-refractivity contribution in [2.45, 2.75) is 79.0 Å². The van der Waals surface area contributed by atoms with E-state index in [2.05, 4.69) is 45.7 Å². The number of carbonyl (C=O) groups is 2. The molecule has 3 aliphatic carbocycles. The molecule has 2 heterocycles. The fraction of sp³-hybridized carbons (Fsp3) is 0.562. The van der Waals surface area contributed by atoms with Gasteiger partial charge in [-0.3, -0.25) is 10.1 Å². The van der Waals surface area contributed by atoms with Gasteiger partial charge in [-0.1, -0.05) is 58.1 Å². The number of nitrogens with one attached hydrogen (secondary N) is 1. The number of hydrogen-bond acceptors (Lipinski definition) is 6. The molecule has 204 valence electrons. The Labute approximate surface area is 226 Å². The van der Waals surface area contributed by atoms with Gasteiger partial charge in [0, 0.05) is 24.2 Å². The molecule has 7 atom stereocenters. The van der Waals surface area contributed by atoms with Gasteiger partial charge in [-0.2, -0.15) is 0 Å². The first-order chi connectivity index (χ1) is 17.8. The smallest absolute Gasteiger partial charge is 0.355 e. The first-order valence-corrected chi connectivity index (χ1v) is 13.9. The second-order valence-electron chi connectivity index (χ2n) is 12.9. The minimum atomic E-state index is -0.840. The van der Waals surface area contributed by atoms with Crippen LogP contribution in [0.2, 0.25) is 0 Å². The van der Waals surface area contributed by atoms with Gasteiger partial charge in [-0.15, -0.1) is 0 Å². The van der Waals surface area contributed by atoms with Crippen LogP contribution in [0.4, 0.5) is 0 Å². The molecule has 38 heavy (non-hydrogen) atoms. The van der Waals surface area contributed by atoms with Gasteiger partial charge in [0.05, 0.1) is 23.6 Å². The number of nitrogens with zero attached hydrogens (tertiary/aromatic N) is 1. The summed E-state index contributed by atoms with van der Waals surface area (Å²) in [6, 6.07) is -0.224. The minimum absolute atomic E-state index is 0.0348. The molecule has 2 fully saturated rings. The summed E-state index contributed by atoms with van der Waals surface area (Å²) in [6.07, 6.45) is 12.5. The molecule has 6 unspecified atom stereocenters. The first kappa shape index (κ1) is 26.9. The molecule has 5 rings (SSSR count). The predicted molar refractivity (Wildman–Crippen MR) is 148 cm³/mol. The molecule has 2 aliphatic heterocycles. The largest absolute Gasteiger partial charge is 0.455 e. The van der Waals surface area contributed by atoms with Crippen molar-refractivity contribution in [1.29, 1.82) is 0 Å². The molecule has 0 aromatic carbocycles. The summed E-state index contributed by atoms with van der Waals surface area (Å²) in [7, 11) is 0. The highest BCUT2D eigenvalue weighted by molar-refractivity contribution is 5.96. The first-order valence-electron chi connectivity index (χ1n) is 13.9. The summed E-state index contributed by atoms with van der Waals surface area (Å²) in [6.45, 7) is 18.6. The van der Waals surface area contributed by atoms with Crippen molar-refractivity contribution in [2.24, 2.45) is 28.6 Å². The Morgan fingerprint density at radius 1 is 1.24 bits per heavy atom. The van der Waals surface area contributed by atoms with Crippen molar-refractivity contribution in [1.82, 2.24) is 10.2 Å². The third kappa shape index (κ3) is 3.52. The number of ether oxygens (including phenoxy) is 1. The Morgan fingerprint density at radius 2 is 1.95 bits per heavy atom. The van der Waals surface area contributed by atoms with Crippen LogP contribution in [0.15, 0.2) is 71.3 Å². The van der Waals surface area contributed by atoms with Crippen LogP contribution in [-0.4, -0.2) is 46.1 Å². The zero-order chi connectivity index (χ0) is 27.8. The van der Waals surface area contributed by atoms with Gasteiger partial charge in [-0.05, 0) is 67.7 Å². The fourth-order valence-corrected chi connectivity index (χ4v) is 7.80. The van der Waals surface area contributed by atoms with Crippen LogP contribution in [0.3, 0.4) is 0 Å². The molecule has 1 saturated heterocycles. The molecular formula is C32H42N2O4. The van der Waals surface area contributed by atoms with Crippen LogP contribution in [0.5, 0.6) is 0 Å². The number of ketones is 1. The lowest BCUT2D eigenvalue weighted by Crippen LogP contribution is -2.60. The van der Waals surface area contributed by atoms with E-state index in [0.29, 0.717) is 23.7 Å². The van der Waals surface area contributed by atoms with E-state index in [-0.39, 0.29) is 35.7 Å². The summed E-state index contributed by atoms with van der Waals surface area (Å²) < 4.78 is 6.45. The predicted octanol–water partition coefficient (Wildman–Crippen LogP) is 4.96. The number of aliphatic hydroxyl groups is 1. The van der Waals surface area contributed by atoms with E-state index >= 15 is 0 Å². The molecule has 0 radical (unpaired) electrons. The Kier molecular flexibility index (Phi) is 6.31. The van der Waals surface area contributed by atoms with Crippen LogP contribution in [-0.2, 0) is 14.3 Å². The lowest BCUT2D eigenvalue weighted by molar-refractivity contribution is -0.154. The number of aliphatic hydroxyl groups excluding tert-OH is 1. The van der Waals surface area contributed by atoms with Crippen LogP contribution < -0.4 is 5.32 Å². The Hall–Kier alpha value is -2.70. The number of allylic oxidation sites excluding steroid dienone is 5. The van der Waals surface area contributed by atoms with Crippen LogP contribution in [0.25, 0.3) is 0 Å². The van der Waals surface area contributed by atoms with E-state index < -0.39 is 23.0 Å². The van der Waals surface area contributed by atoms with E-state index in [1.807, 2.05) is 51.3 Å². The van der Waals surface area contributed by atoms with E-state index in [9.17, 15) is 14.7 Å². The molecule has 6 heteroatoms. The molecular weight excluding hydrogens is 476 g/mol.